The molecule has 0 unspecified atom stereocenters. The van der Waals surface area contributed by atoms with Crippen molar-refractivity contribution >= 4 is 33.6 Å². The van der Waals surface area contributed by atoms with Crippen LogP contribution in [-0.4, -0.2) is 21.0 Å². The zero-order valence-corrected chi connectivity index (χ0v) is 9.14. The van der Waals surface area contributed by atoms with Gasteiger partial charge >= 0.3 is 5.97 Å². The molecule has 0 bridgehead atoms. The number of carboxylic acid groups (broad SMARTS) is 1. The fourth-order valence-corrected chi connectivity index (χ4v) is 2.25. The molecule has 0 aromatic carbocycles. The smallest absolute Gasteiger partial charge is 0.357 e. The summed E-state index contributed by atoms with van der Waals surface area (Å²) in [6.45, 7) is 0.528. The molecule has 0 aliphatic heterocycles. The molecule has 2 rings (SSSR count). The SMILES string of the molecule is O=C(O)c1ncsc1NCc1nccs1. The lowest BCUT2D eigenvalue weighted by molar-refractivity contribution is 0.0692. The molecule has 15 heavy (non-hydrogen) atoms. The Kier molecular flexibility index (Phi) is 2.93. The van der Waals surface area contributed by atoms with Gasteiger partial charge in [-0.1, -0.05) is 0 Å². The summed E-state index contributed by atoms with van der Waals surface area (Å²) in [6.07, 6.45) is 1.71. The summed E-state index contributed by atoms with van der Waals surface area (Å²) in [7, 11) is 0. The topological polar surface area (TPSA) is 75.1 Å². The van der Waals surface area contributed by atoms with Crippen molar-refractivity contribution in [3.8, 4) is 0 Å². The Labute approximate surface area is 93.4 Å². The first kappa shape index (κ1) is 10.1. The number of rotatable bonds is 4. The molecule has 0 saturated heterocycles. The van der Waals surface area contributed by atoms with Gasteiger partial charge in [0.2, 0.25) is 0 Å². The minimum absolute atomic E-state index is 0.0663. The fourth-order valence-electron chi connectivity index (χ4n) is 1.02. The Balaban J connectivity index is 2.05. The summed E-state index contributed by atoms with van der Waals surface area (Å²) in [5.41, 5.74) is 1.57. The van der Waals surface area contributed by atoms with Crippen molar-refractivity contribution in [3.05, 3.63) is 27.8 Å². The maximum Gasteiger partial charge on any atom is 0.357 e. The molecule has 5 nitrogen and oxygen atoms in total. The molecule has 0 fully saturated rings. The number of carboxylic acids is 1. The first-order chi connectivity index (χ1) is 7.27. The third-order valence-corrected chi connectivity index (χ3v) is 3.22. The molecular weight excluding hydrogens is 234 g/mol. The summed E-state index contributed by atoms with van der Waals surface area (Å²) in [5, 5.41) is 15.2. The van der Waals surface area contributed by atoms with Crippen LogP contribution in [-0.2, 0) is 6.54 Å². The molecule has 0 spiro atoms. The van der Waals surface area contributed by atoms with Crippen LogP contribution in [0.5, 0.6) is 0 Å². The third-order valence-electron chi connectivity index (χ3n) is 1.65. The Hall–Kier alpha value is -1.47. The quantitative estimate of drug-likeness (QED) is 0.855. The molecule has 2 heterocycles. The number of anilines is 1. The predicted octanol–water partition coefficient (Wildman–Crippen LogP) is 1.91. The average molecular weight is 241 g/mol. The van der Waals surface area contributed by atoms with Crippen molar-refractivity contribution in [2.45, 2.75) is 6.54 Å². The van der Waals surface area contributed by atoms with Crippen molar-refractivity contribution < 1.29 is 9.90 Å². The number of hydrogen-bond acceptors (Lipinski definition) is 6. The minimum Gasteiger partial charge on any atom is -0.476 e. The maximum absolute atomic E-state index is 10.7. The first-order valence-electron chi connectivity index (χ1n) is 4.06. The highest BCUT2D eigenvalue weighted by atomic mass is 32.1. The molecule has 2 N–H and O–H groups in total. The van der Waals surface area contributed by atoms with Gasteiger partial charge in [-0.3, -0.25) is 0 Å². The molecule has 0 aliphatic rings. The molecule has 0 radical (unpaired) electrons. The van der Waals surface area contributed by atoms with E-state index in [9.17, 15) is 4.79 Å². The van der Waals surface area contributed by atoms with Gasteiger partial charge in [-0.05, 0) is 0 Å². The van der Waals surface area contributed by atoms with Crippen LogP contribution in [0, 0.1) is 0 Å². The van der Waals surface area contributed by atoms with E-state index in [1.165, 1.54) is 28.2 Å². The van der Waals surface area contributed by atoms with E-state index in [0.29, 0.717) is 11.5 Å². The van der Waals surface area contributed by atoms with Gasteiger partial charge in [0.05, 0.1) is 12.1 Å². The van der Waals surface area contributed by atoms with E-state index < -0.39 is 5.97 Å². The lowest BCUT2D eigenvalue weighted by Gasteiger charge is -2.00. The number of thiazole rings is 2. The standard InChI is InChI=1S/C8H7N3O2S2/c12-8(13)6-7(15-4-11-6)10-3-5-9-1-2-14-5/h1-2,4,10H,3H2,(H,12,13). The van der Waals surface area contributed by atoms with Gasteiger partial charge in [0.25, 0.3) is 0 Å². The Morgan fingerprint density at radius 3 is 3.00 bits per heavy atom. The minimum atomic E-state index is -1.02. The number of aromatic carboxylic acids is 1. The van der Waals surface area contributed by atoms with E-state index in [-0.39, 0.29) is 5.69 Å². The Morgan fingerprint density at radius 2 is 2.33 bits per heavy atom. The second-order valence-corrected chi connectivity index (χ2v) is 4.45. The Bertz CT molecular complexity index is 452. The zero-order chi connectivity index (χ0) is 10.7. The van der Waals surface area contributed by atoms with Crippen LogP contribution in [0.15, 0.2) is 17.1 Å². The molecule has 2 aromatic rings. The molecular formula is C8H7N3O2S2. The number of nitrogens with zero attached hydrogens (tertiary/aromatic N) is 2. The lowest BCUT2D eigenvalue weighted by Crippen LogP contribution is -2.04. The van der Waals surface area contributed by atoms with Crippen LogP contribution in [0.4, 0.5) is 5.00 Å². The van der Waals surface area contributed by atoms with Gasteiger partial charge in [0, 0.05) is 11.6 Å². The maximum atomic E-state index is 10.7. The highest BCUT2D eigenvalue weighted by molar-refractivity contribution is 7.14. The lowest BCUT2D eigenvalue weighted by atomic mass is 10.4. The third kappa shape index (κ3) is 2.31. The van der Waals surface area contributed by atoms with Crippen molar-refractivity contribution in [2.24, 2.45) is 0 Å². The molecule has 78 valence electrons. The molecule has 0 saturated carbocycles. The van der Waals surface area contributed by atoms with E-state index >= 15 is 0 Å². The van der Waals surface area contributed by atoms with Crippen molar-refractivity contribution in [2.75, 3.05) is 5.32 Å². The van der Waals surface area contributed by atoms with Crippen LogP contribution >= 0.6 is 22.7 Å². The predicted molar refractivity (Wildman–Crippen MR) is 58.5 cm³/mol. The highest BCUT2D eigenvalue weighted by Gasteiger charge is 2.12. The van der Waals surface area contributed by atoms with Gasteiger partial charge in [-0.25, -0.2) is 14.8 Å². The summed E-state index contributed by atoms with van der Waals surface area (Å²) < 4.78 is 0. The van der Waals surface area contributed by atoms with Crippen LogP contribution in [0.1, 0.15) is 15.5 Å². The van der Waals surface area contributed by atoms with E-state index in [0.717, 1.165) is 5.01 Å². The molecule has 0 atom stereocenters. The van der Waals surface area contributed by atoms with Crippen molar-refractivity contribution in [1.29, 1.82) is 0 Å². The van der Waals surface area contributed by atoms with Crippen LogP contribution in [0.25, 0.3) is 0 Å². The Morgan fingerprint density at radius 1 is 1.47 bits per heavy atom. The van der Waals surface area contributed by atoms with Crippen LogP contribution in [0.3, 0.4) is 0 Å². The van der Waals surface area contributed by atoms with Crippen molar-refractivity contribution in [1.82, 2.24) is 9.97 Å². The summed E-state index contributed by atoms with van der Waals surface area (Å²) in [5.74, 6) is -1.02. The zero-order valence-electron chi connectivity index (χ0n) is 7.51. The monoisotopic (exact) mass is 241 g/mol. The fraction of sp³-hybridized carbons (Fsp3) is 0.125. The summed E-state index contributed by atoms with van der Waals surface area (Å²) in [6, 6.07) is 0. The normalized spacial score (nSPS) is 10.1. The second kappa shape index (κ2) is 4.37. The number of hydrogen-bond donors (Lipinski definition) is 2. The largest absolute Gasteiger partial charge is 0.476 e. The van der Waals surface area contributed by atoms with Crippen LogP contribution < -0.4 is 5.32 Å². The molecule has 2 aromatic heterocycles. The van der Waals surface area contributed by atoms with Crippen LogP contribution in [0.2, 0.25) is 0 Å². The first-order valence-corrected chi connectivity index (χ1v) is 5.82. The average Bonchev–Trinajstić information content (AvgIpc) is 2.86. The second-order valence-electron chi connectivity index (χ2n) is 2.61. The number of carbonyl (C=O) groups is 1. The molecule has 0 aliphatic carbocycles. The van der Waals surface area contributed by atoms with E-state index in [4.69, 9.17) is 5.11 Å². The van der Waals surface area contributed by atoms with Gasteiger partial charge in [-0.15, -0.1) is 22.7 Å². The summed E-state index contributed by atoms with van der Waals surface area (Å²) in [4.78, 5) is 18.6. The highest BCUT2D eigenvalue weighted by Crippen LogP contribution is 2.21. The molecule has 7 heteroatoms. The van der Waals surface area contributed by atoms with E-state index in [1.807, 2.05) is 5.38 Å². The van der Waals surface area contributed by atoms with Gasteiger partial charge < -0.3 is 10.4 Å². The molecule has 0 amide bonds. The van der Waals surface area contributed by atoms with Crippen molar-refractivity contribution in [3.63, 3.8) is 0 Å². The van der Waals surface area contributed by atoms with Gasteiger partial charge in [0.1, 0.15) is 10.0 Å². The summed E-state index contributed by atoms with van der Waals surface area (Å²) >= 11 is 2.80. The van der Waals surface area contributed by atoms with E-state index in [2.05, 4.69) is 15.3 Å². The van der Waals surface area contributed by atoms with E-state index in [1.54, 1.807) is 6.20 Å². The number of nitrogens with one attached hydrogen (secondary N) is 1. The van der Waals surface area contributed by atoms with Gasteiger partial charge in [-0.2, -0.15) is 0 Å². The number of aromatic nitrogens is 2. The van der Waals surface area contributed by atoms with Gasteiger partial charge in [0.15, 0.2) is 5.69 Å².